The molecule has 0 bridgehead atoms. The van der Waals surface area contributed by atoms with Crippen molar-refractivity contribution in [3.05, 3.63) is 47.4 Å². The van der Waals surface area contributed by atoms with E-state index in [0.717, 1.165) is 6.07 Å². The number of anilines is 2. The molecule has 0 saturated heterocycles. The predicted octanol–water partition coefficient (Wildman–Crippen LogP) is 3.01. The molecule has 3 rings (SSSR count). The number of rotatable bonds is 6. The topological polar surface area (TPSA) is 108 Å². The van der Waals surface area contributed by atoms with Crippen LogP contribution in [-0.2, 0) is 17.4 Å². The number of carbonyl (C=O) groups is 1. The quantitative estimate of drug-likeness (QED) is 0.582. The van der Waals surface area contributed by atoms with Crippen LogP contribution in [0.15, 0.2) is 30.3 Å². The van der Waals surface area contributed by atoms with Crippen LogP contribution in [0.4, 0.5) is 24.9 Å². The molecule has 2 aromatic heterocycles. The molecular weight excluding hydrogens is 387 g/mol. The Balaban J connectivity index is 2.01. The molecule has 0 unspecified atom stereocenters. The van der Waals surface area contributed by atoms with Gasteiger partial charge in [-0.3, -0.25) is 9.89 Å². The van der Waals surface area contributed by atoms with Gasteiger partial charge in [0.2, 0.25) is 11.9 Å². The Bertz CT molecular complexity index is 1020. The average molecular weight is 405 g/mol. The second kappa shape index (κ2) is 8.25. The van der Waals surface area contributed by atoms with E-state index < -0.39 is 11.7 Å². The van der Waals surface area contributed by atoms with Crippen LogP contribution in [-0.4, -0.2) is 37.6 Å². The van der Waals surface area contributed by atoms with Gasteiger partial charge in [0.05, 0.1) is 5.56 Å². The van der Waals surface area contributed by atoms with Gasteiger partial charge in [0, 0.05) is 37.2 Å². The molecule has 3 aromatic rings. The third-order valence-electron chi connectivity index (χ3n) is 3.84. The molecule has 0 aliphatic carbocycles. The van der Waals surface area contributed by atoms with Gasteiger partial charge in [0.25, 0.3) is 0 Å². The molecule has 2 heterocycles. The smallest absolute Gasteiger partial charge is 0.356 e. The molecular formula is C18H18F3N7O. The second-order valence-corrected chi connectivity index (χ2v) is 6.21. The highest BCUT2D eigenvalue weighted by Crippen LogP contribution is 2.36. The number of carbonyl (C=O) groups excluding carboxylic acids is 1. The van der Waals surface area contributed by atoms with E-state index in [9.17, 15) is 18.0 Å². The van der Waals surface area contributed by atoms with E-state index >= 15 is 0 Å². The van der Waals surface area contributed by atoms with E-state index in [4.69, 9.17) is 0 Å². The van der Waals surface area contributed by atoms with Gasteiger partial charge in [-0.2, -0.15) is 18.2 Å². The number of halogens is 3. The van der Waals surface area contributed by atoms with Gasteiger partial charge in [-0.25, -0.2) is 9.97 Å². The highest BCUT2D eigenvalue weighted by atomic mass is 19.4. The monoisotopic (exact) mass is 405 g/mol. The number of nitrogens with one attached hydrogen (secondary N) is 3. The summed E-state index contributed by atoms with van der Waals surface area (Å²) in [7, 11) is 0. The van der Waals surface area contributed by atoms with Crippen molar-refractivity contribution in [3.8, 4) is 11.4 Å². The third-order valence-corrected chi connectivity index (χ3v) is 3.84. The van der Waals surface area contributed by atoms with Crippen molar-refractivity contribution in [2.75, 3.05) is 11.9 Å². The van der Waals surface area contributed by atoms with Crippen molar-refractivity contribution in [3.63, 3.8) is 0 Å². The van der Waals surface area contributed by atoms with Gasteiger partial charge in [0.1, 0.15) is 11.6 Å². The summed E-state index contributed by atoms with van der Waals surface area (Å²) < 4.78 is 40.3. The number of hydrogen-bond acceptors (Lipinski definition) is 6. The lowest BCUT2D eigenvalue weighted by Crippen LogP contribution is -2.22. The minimum Gasteiger partial charge on any atom is -0.356 e. The highest BCUT2D eigenvalue weighted by Gasteiger charge is 2.34. The van der Waals surface area contributed by atoms with Gasteiger partial charge < -0.3 is 10.6 Å². The number of hydrogen-bond donors (Lipinski definition) is 3. The first kappa shape index (κ1) is 20.2. The van der Waals surface area contributed by atoms with Gasteiger partial charge in [-0.05, 0) is 13.0 Å². The minimum absolute atomic E-state index is 0.0898. The first-order valence-electron chi connectivity index (χ1n) is 8.67. The van der Waals surface area contributed by atoms with Crippen LogP contribution in [0, 0.1) is 6.92 Å². The lowest BCUT2D eigenvalue weighted by atomic mass is 10.1. The molecule has 0 aliphatic heterocycles. The van der Waals surface area contributed by atoms with Gasteiger partial charge in [-0.1, -0.05) is 18.2 Å². The molecule has 11 heteroatoms. The van der Waals surface area contributed by atoms with E-state index in [1.54, 1.807) is 13.0 Å². The van der Waals surface area contributed by atoms with E-state index in [1.807, 2.05) is 0 Å². The summed E-state index contributed by atoms with van der Waals surface area (Å²) in [5.74, 6) is 0.729. The Hall–Kier alpha value is -3.50. The maximum absolute atomic E-state index is 13.4. The van der Waals surface area contributed by atoms with Crippen LogP contribution in [0.2, 0.25) is 0 Å². The molecule has 0 aliphatic rings. The van der Waals surface area contributed by atoms with Gasteiger partial charge in [0.15, 0.2) is 5.82 Å². The predicted molar refractivity (Wildman–Crippen MR) is 99.3 cm³/mol. The number of aryl methyl sites for hydroxylation is 1. The van der Waals surface area contributed by atoms with Crippen molar-refractivity contribution in [2.24, 2.45) is 0 Å². The molecule has 8 nitrogen and oxygen atoms in total. The maximum atomic E-state index is 13.4. The van der Waals surface area contributed by atoms with Gasteiger partial charge >= 0.3 is 6.18 Å². The summed E-state index contributed by atoms with van der Waals surface area (Å²) in [6, 6.07) is 6.67. The number of amides is 1. The SMILES string of the molecule is CC(=O)NCCc1cc(Nc2n[nH]c(C)n2)nc(-c2ccccc2C(F)(F)F)n1. The van der Waals surface area contributed by atoms with Crippen LogP contribution >= 0.6 is 0 Å². The van der Waals surface area contributed by atoms with Crippen molar-refractivity contribution in [1.29, 1.82) is 0 Å². The fraction of sp³-hybridized carbons (Fsp3) is 0.278. The van der Waals surface area contributed by atoms with E-state index in [-0.39, 0.29) is 35.6 Å². The van der Waals surface area contributed by atoms with Crippen LogP contribution in [0.25, 0.3) is 11.4 Å². The number of H-pyrrole nitrogens is 1. The molecule has 1 amide bonds. The van der Waals surface area contributed by atoms with E-state index in [1.165, 1.54) is 25.1 Å². The standard InChI is InChI=1S/C18H18F3N7O/c1-10-23-17(28-27-10)26-15-9-12(7-8-22-11(2)29)24-16(25-15)13-5-3-4-6-14(13)18(19,20)21/h3-6,9H,7-8H2,1-2H3,(H,22,29)(H2,23,24,25,26,27,28). The molecule has 152 valence electrons. The Morgan fingerprint density at radius 3 is 2.59 bits per heavy atom. The first-order valence-corrected chi connectivity index (χ1v) is 8.67. The Kier molecular flexibility index (Phi) is 5.76. The van der Waals surface area contributed by atoms with Crippen molar-refractivity contribution >= 4 is 17.7 Å². The second-order valence-electron chi connectivity index (χ2n) is 6.21. The fourth-order valence-electron chi connectivity index (χ4n) is 2.62. The van der Waals surface area contributed by atoms with Gasteiger partial charge in [-0.15, -0.1) is 5.10 Å². The molecule has 0 radical (unpaired) electrons. The van der Waals surface area contributed by atoms with Crippen LogP contribution in [0.1, 0.15) is 24.0 Å². The zero-order chi connectivity index (χ0) is 21.0. The van der Waals surface area contributed by atoms with Crippen LogP contribution < -0.4 is 10.6 Å². The number of aromatic nitrogens is 5. The average Bonchev–Trinajstić information content (AvgIpc) is 3.05. The maximum Gasteiger partial charge on any atom is 0.417 e. The van der Waals surface area contributed by atoms with Crippen LogP contribution in [0.3, 0.4) is 0 Å². The summed E-state index contributed by atoms with van der Waals surface area (Å²) >= 11 is 0. The third kappa shape index (κ3) is 5.27. The Morgan fingerprint density at radius 1 is 1.17 bits per heavy atom. The zero-order valence-corrected chi connectivity index (χ0v) is 15.6. The lowest BCUT2D eigenvalue weighted by Gasteiger charge is -2.14. The molecule has 0 fully saturated rings. The highest BCUT2D eigenvalue weighted by molar-refractivity contribution is 5.72. The molecule has 0 spiro atoms. The summed E-state index contributed by atoms with van der Waals surface area (Å²) in [4.78, 5) is 23.7. The summed E-state index contributed by atoms with van der Waals surface area (Å²) in [5, 5.41) is 12.1. The molecule has 3 N–H and O–H groups in total. The molecule has 29 heavy (non-hydrogen) atoms. The molecule has 0 saturated carbocycles. The zero-order valence-electron chi connectivity index (χ0n) is 15.6. The van der Waals surface area contributed by atoms with Crippen LogP contribution in [0.5, 0.6) is 0 Å². The van der Waals surface area contributed by atoms with E-state index in [2.05, 4.69) is 35.8 Å². The first-order chi connectivity index (χ1) is 13.7. The van der Waals surface area contributed by atoms with E-state index in [0.29, 0.717) is 17.9 Å². The number of nitrogens with zero attached hydrogens (tertiary/aromatic N) is 4. The molecule has 0 atom stereocenters. The van der Waals surface area contributed by atoms with Crippen molar-refractivity contribution < 1.29 is 18.0 Å². The number of aromatic amines is 1. The summed E-state index contributed by atoms with van der Waals surface area (Å²) in [5.41, 5.74) is -0.523. The normalized spacial score (nSPS) is 11.3. The largest absolute Gasteiger partial charge is 0.417 e. The number of alkyl halides is 3. The van der Waals surface area contributed by atoms with Crippen molar-refractivity contribution in [1.82, 2.24) is 30.5 Å². The Morgan fingerprint density at radius 2 is 1.93 bits per heavy atom. The lowest BCUT2D eigenvalue weighted by molar-refractivity contribution is -0.137. The molecule has 1 aromatic carbocycles. The summed E-state index contributed by atoms with van der Waals surface area (Å²) in [6.07, 6.45) is -4.24. The minimum atomic E-state index is -4.55. The Labute approximate surface area is 164 Å². The number of benzene rings is 1. The fourth-order valence-corrected chi connectivity index (χ4v) is 2.62. The summed E-state index contributed by atoms with van der Waals surface area (Å²) in [6.45, 7) is 3.37. The van der Waals surface area contributed by atoms with Crippen molar-refractivity contribution in [2.45, 2.75) is 26.4 Å².